The molecule has 0 saturated carbocycles. The molecule has 0 aromatic carbocycles. The number of pyridine rings is 1. The minimum absolute atomic E-state index is 1.02. The molecule has 15 heavy (non-hydrogen) atoms. The summed E-state index contributed by atoms with van der Waals surface area (Å²) in [5.74, 6) is 1.02. The maximum absolute atomic E-state index is 3.99. The zero-order valence-corrected chi connectivity index (χ0v) is 9.63. The van der Waals surface area contributed by atoms with Crippen LogP contribution in [-0.4, -0.2) is 10.2 Å². The molecule has 3 nitrogen and oxygen atoms in total. The predicted molar refractivity (Wildman–Crippen MR) is 59.1 cm³/mol. The van der Waals surface area contributed by atoms with Crippen LogP contribution in [0.25, 0.3) is 5.82 Å². The Balaban J connectivity index is 2.72. The molecule has 0 fully saturated rings. The summed E-state index contributed by atoms with van der Waals surface area (Å²) in [5, 5.41) is 6.98. The molecule has 2 aromatic heterocycles. The Morgan fingerprint density at radius 3 is 2.53 bits per heavy atom. The number of rotatable bonds is 1. The summed E-state index contributed by atoms with van der Waals surface area (Å²) in [6, 6.07) is 4.18. The number of hydrogen-bond acceptors (Lipinski definition) is 1. The summed E-state index contributed by atoms with van der Waals surface area (Å²) < 4.78 is 2.19. The highest BCUT2D eigenvalue weighted by atomic mass is 15.2. The zero-order chi connectivity index (χ0) is 11.0. The number of hydrogen-bond donors (Lipinski definition) is 1. The van der Waals surface area contributed by atoms with Crippen LogP contribution in [0.15, 0.2) is 18.3 Å². The van der Waals surface area contributed by atoms with Crippen molar-refractivity contribution in [1.82, 2.24) is 10.2 Å². The molecular weight excluding hydrogens is 186 g/mol. The fraction of sp³-hybridized carbons (Fsp3) is 0.333. The van der Waals surface area contributed by atoms with Crippen molar-refractivity contribution in [3.63, 3.8) is 0 Å². The second kappa shape index (κ2) is 3.50. The summed E-state index contributed by atoms with van der Waals surface area (Å²) in [4.78, 5) is 0. The maximum atomic E-state index is 3.99. The molecule has 2 rings (SSSR count). The summed E-state index contributed by atoms with van der Waals surface area (Å²) in [6.45, 7) is 8.54. The number of aryl methyl sites for hydroxylation is 2. The third kappa shape index (κ3) is 1.54. The zero-order valence-electron chi connectivity index (χ0n) is 9.63. The van der Waals surface area contributed by atoms with Crippen LogP contribution in [-0.2, 0) is 0 Å². The molecular formula is C12H16N3+. The average molecular weight is 202 g/mol. The van der Waals surface area contributed by atoms with Crippen LogP contribution in [0, 0.1) is 27.7 Å². The van der Waals surface area contributed by atoms with Crippen molar-refractivity contribution in [2.45, 2.75) is 27.7 Å². The Hall–Kier alpha value is -1.64. The largest absolute Gasteiger partial charge is 0.306 e. The Kier molecular flexibility index (Phi) is 2.31. The van der Waals surface area contributed by atoms with E-state index in [4.69, 9.17) is 0 Å². The second-order valence-corrected chi connectivity index (χ2v) is 3.96. The SMILES string of the molecule is Cc1cc(C)[n+](-c2ccn[nH]2)c(C)c1C. The summed E-state index contributed by atoms with van der Waals surface area (Å²) in [5.41, 5.74) is 5.15. The molecule has 1 N–H and O–H groups in total. The van der Waals surface area contributed by atoms with Crippen molar-refractivity contribution in [3.05, 3.63) is 40.8 Å². The van der Waals surface area contributed by atoms with Gasteiger partial charge >= 0.3 is 5.82 Å². The predicted octanol–water partition coefficient (Wildman–Crippen LogP) is 1.92. The van der Waals surface area contributed by atoms with Gasteiger partial charge in [0.15, 0.2) is 0 Å². The third-order valence-corrected chi connectivity index (χ3v) is 2.97. The Bertz CT molecular complexity index is 484. The number of aromatic amines is 1. The number of aromatic nitrogens is 3. The molecule has 0 aliphatic rings. The van der Waals surface area contributed by atoms with Crippen molar-refractivity contribution in [2.24, 2.45) is 0 Å². The van der Waals surface area contributed by atoms with Crippen LogP contribution >= 0.6 is 0 Å². The third-order valence-electron chi connectivity index (χ3n) is 2.97. The molecule has 0 amide bonds. The highest BCUT2D eigenvalue weighted by molar-refractivity contribution is 5.27. The lowest BCUT2D eigenvalue weighted by atomic mass is 10.1. The normalized spacial score (nSPS) is 10.7. The number of H-pyrrole nitrogens is 1. The van der Waals surface area contributed by atoms with Gasteiger partial charge in [0.2, 0.25) is 0 Å². The smallest absolute Gasteiger partial charge is 0.200 e. The van der Waals surface area contributed by atoms with E-state index in [9.17, 15) is 0 Å². The molecule has 0 bridgehead atoms. The summed E-state index contributed by atoms with van der Waals surface area (Å²) in [6.07, 6.45) is 1.77. The van der Waals surface area contributed by atoms with Gasteiger partial charge in [-0.2, -0.15) is 4.57 Å². The van der Waals surface area contributed by atoms with Crippen LogP contribution in [0.5, 0.6) is 0 Å². The van der Waals surface area contributed by atoms with E-state index in [-0.39, 0.29) is 0 Å². The standard InChI is InChI=1S/C12H16N3/c1-8-7-9(2)15(11(4)10(8)3)12-5-6-13-14-12/h5-7H,1-4H3,(H,13,14)/q+1. The first kappa shape index (κ1) is 9.90. The van der Waals surface area contributed by atoms with Crippen molar-refractivity contribution in [3.8, 4) is 5.82 Å². The molecule has 0 saturated heterocycles. The molecule has 0 aliphatic heterocycles. The highest BCUT2D eigenvalue weighted by Gasteiger charge is 2.15. The molecule has 2 aromatic rings. The van der Waals surface area contributed by atoms with Gasteiger partial charge < -0.3 is 0 Å². The maximum Gasteiger partial charge on any atom is 0.306 e. The molecule has 0 unspecified atom stereocenters. The first-order valence-corrected chi connectivity index (χ1v) is 5.10. The first-order chi connectivity index (χ1) is 7.11. The fourth-order valence-corrected chi connectivity index (χ4v) is 1.95. The first-order valence-electron chi connectivity index (χ1n) is 5.10. The lowest BCUT2D eigenvalue weighted by molar-refractivity contribution is -0.613. The van der Waals surface area contributed by atoms with E-state index >= 15 is 0 Å². The molecule has 0 spiro atoms. The van der Waals surface area contributed by atoms with E-state index in [2.05, 4.69) is 48.5 Å². The van der Waals surface area contributed by atoms with Gasteiger partial charge in [-0.25, -0.2) is 0 Å². The fourth-order valence-electron chi connectivity index (χ4n) is 1.95. The minimum atomic E-state index is 1.02. The Morgan fingerprint density at radius 1 is 1.20 bits per heavy atom. The lowest BCUT2D eigenvalue weighted by Crippen LogP contribution is -2.39. The van der Waals surface area contributed by atoms with Gasteiger partial charge in [0, 0.05) is 0 Å². The van der Waals surface area contributed by atoms with Gasteiger partial charge in [0.05, 0.1) is 12.3 Å². The Labute approximate surface area is 89.8 Å². The van der Waals surface area contributed by atoms with Gasteiger partial charge in [-0.1, -0.05) is 5.10 Å². The van der Waals surface area contributed by atoms with Crippen molar-refractivity contribution in [2.75, 3.05) is 0 Å². The Morgan fingerprint density at radius 2 is 1.93 bits per heavy atom. The lowest BCUT2D eigenvalue weighted by Gasteiger charge is -2.09. The van der Waals surface area contributed by atoms with E-state index in [0.717, 1.165) is 5.82 Å². The number of nitrogens with zero attached hydrogens (tertiary/aromatic N) is 2. The van der Waals surface area contributed by atoms with E-state index in [0.29, 0.717) is 0 Å². The minimum Gasteiger partial charge on any atom is -0.200 e. The number of nitrogens with one attached hydrogen (secondary N) is 1. The van der Waals surface area contributed by atoms with Crippen LogP contribution in [0.4, 0.5) is 0 Å². The van der Waals surface area contributed by atoms with Crippen molar-refractivity contribution >= 4 is 0 Å². The van der Waals surface area contributed by atoms with Crippen LogP contribution < -0.4 is 4.57 Å². The average Bonchev–Trinajstić information content (AvgIpc) is 2.68. The molecule has 2 heterocycles. The van der Waals surface area contributed by atoms with Gasteiger partial charge in [0.1, 0.15) is 11.4 Å². The van der Waals surface area contributed by atoms with Crippen molar-refractivity contribution in [1.29, 1.82) is 0 Å². The highest BCUT2D eigenvalue weighted by Crippen LogP contribution is 2.11. The van der Waals surface area contributed by atoms with Gasteiger partial charge in [-0.3, -0.25) is 0 Å². The molecule has 3 heteroatoms. The van der Waals surface area contributed by atoms with Gasteiger partial charge in [-0.05, 0) is 44.9 Å². The van der Waals surface area contributed by atoms with Crippen LogP contribution in [0.1, 0.15) is 22.5 Å². The van der Waals surface area contributed by atoms with Crippen molar-refractivity contribution < 1.29 is 4.57 Å². The molecule has 0 radical (unpaired) electrons. The summed E-state index contributed by atoms with van der Waals surface area (Å²) >= 11 is 0. The molecule has 0 aliphatic carbocycles. The van der Waals surface area contributed by atoms with E-state index in [1.807, 2.05) is 6.07 Å². The van der Waals surface area contributed by atoms with Crippen LogP contribution in [0.3, 0.4) is 0 Å². The van der Waals surface area contributed by atoms with E-state index < -0.39 is 0 Å². The van der Waals surface area contributed by atoms with E-state index in [1.165, 1.54) is 22.5 Å². The second-order valence-electron chi connectivity index (χ2n) is 3.96. The van der Waals surface area contributed by atoms with Gasteiger partial charge in [0.25, 0.3) is 0 Å². The quantitative estimate of drug-likeness (QED) is 0.704. The van der Waals surface area contributed by atoms with Gasteiger partial charge in [-0.15, -0.1) is 5.10 Å². The molecule has 78 valence electrons. The summed E-state index contributed by atoms with van der Waals surface area (Å²) in [7, 11) is 0. The van der Waals surface area contributed by atoms with E-state index in [1.54, 1.807) is 6.20 Å². The molecule has 0 atom stereocenters. The van der Waals surface area contributed by atoms with Crippen LogP contribution in [0.2, 0.25) is 0 Å². The monoisotopic (exact) mass is 202 g/mol. The topological polar surface area (TPSA) is 32.6 Å².